The maximum atomic E-state index is 13.4. The number of nitrogens with zero attached hydrogens (tertiary/aromatic N) is 2. The van der Waals surface area contributed by atoms with Gasteiger partial charge in [0.25, 0.3) is 15.9 Å². The second-order valence-corrected chi connectivity index (χ2v) is 9.37. The number of carbonyl (C=O) groups excluding carboxylic acids is 1. The lowest BCUT2D eigenvalue weighted by Crippen LogP contribution is -2.14. The van der Waals surface area contributed by atoms with Gasteiger partial charge in [-0.1, -0.05) is 0 Å². The monoisotopic (exact) mass is 468 g/mol. The fourth-order valence-corrected chi connectivity index (χ4v) is 4.69. The van der Waals surface area contributed by atoms with Gasteiger partial charge in [-0.25, -0.2) is 17.8 Å². The van der Waals surface area contributed by atoms with Crippen LogP contribution in [0.4, 0.5) is 15.2 Å². The van der Waals surface area contributed by atoms with Crippen LogP contribution in [0.1, 0.15) is 15.9 Å². The number of hydrogen-bond acceptors (Lipinski definition) is 6. The van der Waals surface area contributed by atoms with Crippen molar-refractivity contribution in [1.29, 1.82) is 0 Å². The Hall–Kier alpha value is -3.63. The highest BCUT2D eigenvalue weighted by Gasteiger charge is 2.16. The van der Waals surface area contributed by atoms with E-state index in [2.05, 4.69) is 20.0 Å². The van der Waals surface area contributed by atoms with Gasteiger partial charge in [-0.3, -0.25) is 19.8 Å². The van der Waals surface area contributed by atoms with Crippen molar-refractivity contribution in [3.8, 4) is 11.3 Å². The minimum absolute atomic E-state index is 0.0496. The van der Waals surface area contributed by atoms with Crippen LogP contribution in [0.5, 0.6) is 0 Å². The van der Waals surface area contributed by atoms with Crippen molar-refractivity contribution in [1.82, 2.24) is 9.97 Å². The van der Waals surface area contributed by atoms with E-state index in [1.54, 1.807) is 18.5 Å². The first-order valence-corrected chi connectivity index (χ1v) is 11.7. The number of carbonyl (C=O) groups is 1. The highest BCUT2D eigenvalue weighted by molar-refractivity contribution is 7.92. The maximum Gasteiger partial charge on any atom is 0.261 e. The van der Waals surface area contributed by atoms with Crippen molar-refractivity contribution < 1.29 is 17.6 Å². The van der Waals surface area contributed by atoms with Gasteiger partial charge in [-0.15, -0.1) is 11.3 Å². The van der Waals surface area contributed by atoms with E-state index in [4.69, 9.17) is 0 Å². The average Bonchev–Trinajstić information content (AvgIpc) is 3.25. The van der Waals surface area contributed by atoms with Crippen LogP contribution in [-0.4, -0.2) is 24.3 Å². The number of benzene rings is 2. The normalized spacial score (nSPS) is 11.2. The SMILES string of the molecule is Cc1cc(S(=O)(=O)Nc2ccc(C(=O)Nc3nc(-c4cccnc4)cs3)cc2)ccc1F. The Morgan fingerprint density at radius 2 is 1.88 bits per heavy atom. The van der Waals surface area contributed by atoms with Crippen LogP contribution >= 0.6 is 11.3 Å². The van der Waals surface area contributed by atoms with Crippen molar-refractivity contribution in [2.24, 2.45) is 0 Å². The molecule has 32 heavy (non-hydrogen) atoms. The molecular weight excluding hydrogens is 451 g/mol. The summed E-state index contributed by atoms with van der Waals surface area (Å²) >= 11 is 1.29. The highest BCUT2D eigenvalue weighted by atomic mass is 32.2. The van der Waals surface area contributed by atoms with Crippen LogP contribution in [0.15, 0.2) is 77.3 Å². The molecule has 0 saturated carbocycles. The molecule has 0 aliphatic carbocycles. The molecule has 2 aromatic heterocycles. The van der Waals surface area contributed by atoms with Gasteiger partial charge in [0.05, 0.1) is 10.6 Å². The predicted molar refractivity (Wildman–Crippen MR) is 122 cm³/mol. The molecule has 10 heteroatoms. The second kappa shape index (κ2) is 8.85. The molecule has 0 bridgehead atoms. The first kappa shape index (κ1) is 21.6. The highest BCUT2D eigenvalue weighted by Crippen LogP contribution is 2.25. The molecule has 0 atom stereocenters. The van der Waals surface area contributed by atoms with E-state index < -0.39 is 15.8 Å². The fraction of sp³-hybridized carbons (Fsp3) is 0.0455. The topological polar surface area (TPSA) is 101 Å². The molecule has 0 radical (unpaired) electrons. The molecule has 0 saturated heterocycles. The number of hydrogen-bond donors (Lipinski definition) is 2. The van der Waals surface area contributed by atoms with E-state index in [-0.39, 0.29) is 22.1 Å². The average molecular weight is 469 g/mol. The Bertz CT molecular complexity index is 1370. The maximum absolute atomic E-state index is 13.4. The zero-order chi connectivity index (χ0) is 22.7. The van der Waals surface area contributed by atoms with Gasteiger partial charge in [0.1, 0.15) is 5.82 Å². The third-order valence-corrected chi connectivity index (χ3v) is 6.66. The van der Waals surface area contributed by atoms with Crippen molar-refractivity contribution in [3.63, 3.8) is 0 Å². The van der Waals surface area contributed by atoms with Gasteiger partial charge in [0.15, 0.2) is 5.13 Å². The largest absolute Gasteiger partial charge is 0.298 e. The van der Waals surface area contributed by atoms with E-state index in [0.717, 1.165) is 11.6 Å². The Kier molecular flexibility index (Phi) is 5.97. The van der Waals surface area contributed by atoms with E-state index in [0.29, 0.717) is 16.4 Å². The van der Waals surface area contributed by atoms with E-state index >= 15 is 0 Å². The van der Waals surface area contributed by atoms with Crippen LogP contribution in [-0.2, 0) is 10.0 Å². The van der Waals surface area contributed by atoms with E-state index in [1.165, 1.54) is 54.7 Å². The Morgan fingerprint density at radius 3 is 2.56 bits per heavy atom. The summed E-state index contributed by atoms with van der Waals surface area (Å²) in [6.07, 6.45) is 3.36. The standard InChI is InChI=1S/C22H17FN4O3S2/c1-14-11-18(8-9-19(14)23)32(29,30)27-17-6-4-15(5-7-17)21(28)26-22-25-20(13-31-22)16-3-2-10-24-12-16/h2-13,27H,1H3,(H,25,26,28). The summed E-state index contributed by atoms with van der Waals surface area (Å²) in [5, 5.41) is 4.98. The minimum atomic E-state index is -3.89. The number of nitrogens with one attached hydrogen (secondary N) is 2. The van der Waals surface area contributed by atoms with Gasteiger partial charge in [0, 0.05) is 34.6 Å². The van der Waals surface area contributed by atoms with Crippen LogP contribution < -0.4 is 10.0 Å². The first-order chi connectivity index (χ1) is 15.3. The predicted octanol–water partition coefficient (Wildman–Crippen LogP) is 4.71. The third kappa shape index (κ3) is 4.82. The van der Waals surface area contributed by atoms with Gasteiger partial charge in [-0.05, 0) is 67.1 Å². The van der Waals surface area contributed by atoms with Crippen molar-refractivity contribution in [3.05, 3.63) is 89.3 Å². The lowest BCUT2D eigenvalue weighted by atomic mass is 10.2. The number of halogens is 1. The molecule has 2 aromatic carbocycles. The molecular formula is C22H17FN4O3S2. The summed E-state index contributed by atoms with van der Waals surface area (Å²) < 4.78 is 40.9. The number of aromatic nitrogens is 2. The number of anilines is 2. The van der Waals surface area contributed by atoms with Gasteiger partial charge in [-0.2, -0.15) is 0 Å². The first-order valence-electron chi connectivity index (χ1n) is 9.38. The number of sulfonamides is 1. The Morgan fingerprint density at radius 1 is 1.09 bits per heavy atom. The van der Waals surface area contributed by atoms with Crippen molar-refractivity contribution in [2.75, 3.05) is 10.0 Å². The zero-order valence-electron chi connectivity index (χ0n) is 16.7. The summed E-state index contributed by atoms with van der Waals surface area (Å²) in [7, 11) is -3.89. The van der Waals surface area contributed by atoms with Crippen molar-refractivity contribution >= 4 is 38.1 Å². The molecule has 4 aromatic rings. The van der Waals surface area contributed by atoms with Crippen LogP contribution in [0.2, 0.25) is 0 Å². The fourth-order valence-electron chi connectivity index (χ4n) is 2.84. The molecule has 0 aliphatic rings. The quantitative estimate of drug-likeness (QED) is 0.427. The molecule has 0 spiro atoms. The Balaban J connectivity index is 1.44. The van der Waals surface area contributed by atoms with Gasteiger partial charge >= 0.3 is 0 Å². The molecule has 0 fully saturated rings. The molecule has 2 heterocycles. The van der Waals surface area contributed by atoms with Crippen LogP contribution in [0, 0.1) is 12.7 Å². The second-order valence-electron chi connectivity index (χ2n) is 6.83. The summed E-state index contributed by atoms with van der Waals surface area (Å²) in [6, 6.07) is 13.2. The number of pyridine rings is 1. The van der Waals surface area contributed by atoms with Gasteiger partial charge < -0.3 is 0 Å². The molecule has 0 aliphatic heterocycles. The lowest BCUT2D eigenvalue weighted by molar-refractivity contribution is 0.102. The number of aryl methyl sites for hydroxylation is 1. The third-order valence-electron chi connectivity index (χ3n) is 4.52. The molecule has 1 amide bonds. The molecule has 2 N–H and O–H groups in total. The number of thiazole rings is 1. The summed E-state index contributed by atoms with van der Waals surface area (Å²) in [5.41, 5.74) is 2.39. The lowest BCUT2D eigenvalue weighted by Gasteiger charge is -2.10. The van der Waals surface area contributed by atoms with Crippen molar-refractivity contribution in [2.45, 2.75) is 11.8 Å². The number of rotatable bonds is 6. The van der Waals surface area contributed by atoms with Crippen LogP contribution in [0.25, 0.3) is 11.3 Å². The summed E-state index contributed by atoms with van der Waals surface area (Å²) in [4.78, 5) is 20.9. The Labute approximate surface area is 188 Å². The summed E-state index contributed by atoms with van der Waals surface area (Å²) in [5.74, 6) is -0.854. The minimum Gasteiger partial charge on any atom is -0.298 e. The summed E-state index contributed by atoms with van der Waals surface area (Å²) in [6.45, 7) is 1.49. The molecule has 7 nitrogen and oxygen atoms in total. The zero-order valence-corrected chi connectivity index (χ0v) is 18.4. The smallest absolute Gasteiger partial charge is 0.261 e. The van der Waals surface area contributed by atoms with E-state index in [9.17, 15) is 17.6 Å². The van der Waals surface area contributed by atoms with Gasteiger partial charge in [0.2, 0.25) is 0 Å². The molecule has 162 valence electrons. The molecule has 4 rings (SSSR count). The van der Waals surface area contributed by atoms with E-state index in [1.807, 2.05) is 11.4 Å². The molecule has 0 unspecified atom stereocenters. The number of amides is 1. The van der Waals surface area contributed by atoms with Crippen LogP contribution in [0.3, 0.4) is 0 Å².